The number of likely N-dealkylation sites (tertiary alicyclic amines) is 1. The zero-order chi connectivity index (χ0) is 25.9. The van der Waals surface area contributed by atoms with E-state index in [1.807, 2.05) is 0 Å². The van der Waals surface area contributed by atoms with Gasteiger partial charge >= 0.3 is 0 Å². The number of amides is 1. The number of aromatic nitrogens is 2. The molecule has 0 bridgehead atoms. The molecule has 0 spiro atoms. The van der Waals surface area contributed by atoms with Crippen molar-refractivity contribution in [2.45, 2.75) is 29.6 Å². The molecule has 2 N–H and O–H groups in total. The van der Waals surface area contributed by atoms with E-state index in [-0.39, 0.29) is 38.6 Å². The second-order valence-electron chi connectivity index (χ2n) is 8.12. The minimum absolute atomic E-state index is 0.0708. The van der Waals surface area contributed by atoms with Crippen molar-refractivity contribution in [2.24, 2.45) is 0 Å². The molecule has 0 atom stereocenters. The molecule has 1 amide bonds. The summed E-state index contributed by atoms with van der Waals surface area (Å²) in [5.74, 6) is -0.0786. The minimum atomic E-state index is -4.08. The topological polar surface area (TPSA) is 148 Å². The van der Waals surface area contributed by atoms with E-state index in [0.29, 0.717) is 18.8 Å². The first kappa shape index (κ1) is 25.4. The summed E-state index contributed by atoms with van der Waals surface area (Å²) in [6.07, 6.45) is 3.22. The van der Waals surface area contributed by atoms with Crippen molar-refractivity contribution in [3.63, 3.8) is 0 Å². The molecule has 1 aliphatic rings. The van der Waals surface area contributed by atoms with Gasteiger partial charge < -0.3 is 9.64 Å². The Balaban J connectivity index is 1.54. The van der Waals surface area contributed by atoms with Crippen molar-refractivity contribution in [3.8, 4) is 5.75 Å². The third-order valence-corrected chi connectivity index (χ3v) is 8.27. The van der Waals surface area contributed by atoms with Gasteiger partial charge in [0, 0.05) is 30.7 Å². The van der Waals surface area contributed by atoms with E-state index in [9.17, 15) is 21.6 Å². The van der Waals surface area contributed by atoms with Gasteiger partial charge in [0.1, 0.15) is 5.75 Å². The highest BCUT2D eigenvalue weighted by Crippen LogP contribution is 2.27. The van der Waals surface area contributed by atoms with E-state index < -0.39 is 20.0 Å². The number of carbonyl (C=O) groups is 1. The molecule has 190 valence electrons. The summed E-state index contributed by atoms with van der Waals surface area (Å²) in [4.78, 5) is 22.2. The quantitative estimate of drug-likeness (QED) is 0.451. The molecule has 11 nitrogen and oxygen atoms in total. The van der Waals surface area contributed by atoms with Crippen molar-refractivity contribution in [2.75, 3.05) is 29.6 Å². The average molecular weight is 532 g/mol. The van der Waals surface area contributed by atoms with Crippen LogP contribution < -0.4 is 14.2 Å². The zero-order valence-corrected chi connectivity index (χ0v) is 21.3. The Morgan fingerprint density at radius 3 is 2.19 bits per heavy atom. The lowest BCUT2D eigenvalue weighted by Crippen LogP contribution is -2.28. The van der Waals surface area contributed by atoms with E-state index in [0.717, 1.165) is 12.8 Å². The number of carbonyl (C=O) groups excluding carboxylic acids is 1. The first-order valence-electron chi connectivity index (χ1n) is 11.0. The third kappa shape index (κ3) is 5.57. The van der Waals surface area contributed by atoms with Gasteiger partial charge in [0.15, 0.2) is 0 Å². The SMILES string of the molecule is COc1ccc(S(=O)(=O)Nc2ccc(S(=O)(=O)Nc3nccc(C)n3)cc2)cc1C(=O)N1CCCC1. The molecular formula is C23H25N5O6S2. The van der Waals surface area contributed by atoms with E-state index >= 15 is 0 Å². The summed E-state index contributed by atoms with van der Waals surface area (Å²) >= 11 is 0. The summed E-state index contributed by atoms with van der Waals surface area (Å²) in [5.41, 5.74) is 0.897. The summed E-state index contributed by atoms with van der Waals surface area (Å²) in [5, 5.41) is 0. The largest absolute Gasteiger partial charge is 0.496 e. The summed E-state index contributed by atoms with van der Waals surface area (Å²) in [6.45, 7) is 2.92. The van der Waals surface area contributed by atoms with Gasteiger partial charge in [-0.1, -0.05) is 0 Å². The number of aryl methyl sites for hydroxylation is 1. The van der Waals surface area contributed by atoms with Gasteiger partial charge in [0.2, 0.25) is 5.95 Å². The zero-order valence-electron chi connectivity index (χ0n) is 19.6. The molecule has 36 heavy (non-hydrogen) atoms. The fourth-order valence-electron chi connectivity index (χ4n) is 3.71. The lowest BCUT2D eigenvalue weighted by molar-refractivity contribution is 0.0789. The van der Waals surface area contributed by atoms with Gasteiger partial charge in [-0.05, 0) is 68.3 Å². The highest BCUT2D eigenvalue weighted by Gasteiger charge is 2.25. The monoisotopic (exact) mass is 531 g/mol. The number of hydrogen-bond acceptors (Lipinski definition) is 8. The van der Waals surface area contributed by atoms with Crippen LogP contribution in [-0.2, 0) is 20.0 Å². The van der Waals surface area contributed by atoms with Gasteiger partial charge in [-0.2, -0.15) is 0 Å². The molecule has 0 aliphatic carbocycles. The van der Waals surface area contributed by atoms with Gasteiger partial charge in [-0.25, -0.2) is 31.5 Å². The van der Waals surface area contributed by atoms with Crippen LogP contribution in [0.4, 0.5) is 11.6 Å². The molecule has 1 saturated heterocycles. The van der Waals surface area contributed by atoms with E-state index in [4.69, 9.17) is 4.74 Å². The summed E-state index contributed by atoms with van der Waals surface area (Å²) in [6, 6.07) is 10.9. The molecule has 1 fully saturated rings. The third-order valence-electron chi connectivity index (χ3n) is 5.54. The van der Waals surface area contributed by atoms with Crippen molar-refractivity contribution < 1.29 is 26.4 Å². The maximum atomic E-state index is 13.0. The normalized spacial score (nSPS) is 13.9. The maximum Gasteiger partial charge on any atom is 0.264 e. The van der Waals surface area contributed by atoms with Crippen LogP contribution in [-0.4, -0.2) is 57.8 Å². The smallest absolute Gasteiger partial charge is 0.264 e. The number of hydrogen-bond donors (Lipinski definition) is 2. The molecule has 2 heterocycles. The number of nitrogens with one attached hydrogen (secondary N) is 2. The van der Waals surface area contributed by atoms with Crippen molar-refractivity contribution in [3.05, 3.63) is 66.0 Å². The molecule has 0 unspecified atom stereocenters. The van der Waals surface area contributed by atoms with E-state index in [1.54, 1.807) is 17.9 Å². The van der Waals surface area contributed by atoms with Crippen LogP contribution in [0.3, 0.4) is 0 Å². The first-order valence-corrected chi connectivity index (χ1v) is 14.0. The Morgan fingerprint density at radius 2 is 1.56 bits per heavy atom. The molecular weight excluding hydrogens is 506 g/mol. The van der Waals surface area contributed by atoms with Crippen LogP contribution in [0.25, 0.3) is 0 Å². The molecule has 13 heteroatoms. The lowest BCUT2D eigenvalue weighted by atomic mass is 10.1. The molecule has 1 aromatic heterocycles. The molecule has 0 saturated carbocycles. The maximum absolute atomic E-state index is 13.0. The van der Waals surface area contributed by atoms with Crippen LogP contribution in [0.5, 0.6) is 5.75 Å². The Morgan fingerprint density at radius 1 is 0.917 bits per heavy atom. The van der Waals surface area contributed by atoms with Crippen LogP contribution in [0.2, 0.25) is 0 Å². The van der Waals surface area contributed by atoms with Crippen molar-refractivity contribution in [1.82, 2.24) is 14.9 Å². The van der Waals surface area contributed by atoms with Crippen LogP contribution >= 0.6 is 0 Å². The number of rotatable bonds is 8. The second-order valence-corrected chi connectivity index (χ2v) is 11.5. The fraction of sp³-hybridized carbons (Fsp3) is 0.261. The Labute approximate surface area is 209 Å². The standard InChI is InChI=1S/C23H25N5O6S2/c1-16-11-12-24-23(25-16)27-35(30,31)18-7-5-17(6-8-18)26-36(32,33)19-9-10-21(34-2)20(15-19)22(29)28-13-3-4-14-28/h5-12,15,26H,3-4,13-14H2,1-2H3,(H,24,25,27). The minimum Gasteiger partial charge on any atom is -0.496 e. The average Bonchev–Trinajstić information content (AvgIpc) is 3.38. The van der Waals surface area contributed by atoms with Crippen LogP contribution in [0.1, 0.15) is 28.9 Å². The number of benzene rings is 2. The second kappa shape index (κ2) is 10.1. The van der Waals surface area contributed by atoms with Crippen LogP contribution in [0.15, 0.2) is 64.5 Å². The fourth-order valence-corrected chi connectivity index (χ4v) is 5.74. The molecule has 0 radical (unpaired) electrons. The molecule has 1 aliphatic heterocycles. The number of ether oxygens (including phenoxy) is 1. The number of sulfonamides is 2. The van der Waals surface area contributed by atoms with Gasteiger partial charge in [-0.3, -0.25) is 9.52 Å². The molecule has 4 rings (SSSR count). The van der Waals surface area contributed by atoms with Gasteiger partial charge in [-0.15, -0.1) is 0 Å². The summed E-state index contributed by atoms with van der Waals surface area (Å²) < 4.78 is 61.3. The molecule has 2 aromatic carbocycles. The Hall–Kier alpha value is -3.71. The van der Waals surface area contributed by atoms with Gasteiger partial charge in [0.25, 0.3) is 26.0 Å². The van der Waals surface area contributed by atoms with Crippen molar-refractivity contribution in [1.29, 1.82) is 0 Å². The predicted octanol–water partition coefficient (Wildman–Crippen LogP) is 2.63. The Bertz CT molecular complexity index is 1490. The highest BCUT2D eigenvalue weighted by molar-refractivity contribution is 7.93. The highest BCUT2D eigenvalue weighted by atomic mass is 32.2. The lowest BCUT2D eigenvalue weighted by Gasteiger charge is -2.18. The van der Waals surface area contributed by atoms with E-state index in [2.05, 4.69) is 19.4 Å². The van der Waals surface area contributed by atoms with Crippen LogP contribution in [0, 0.1) is 6.92 Å². The predicted molar refractivity (Wildman–Crippen MR) is 133 cm³/mol. The van der Waals surface area contributed by atoms with E-state index in [1.165, 1.54) is 55.8 Å². The van der Waals surface area contributed by atoms with Gasteiger partial charge in [0.05, 0.1) is 22.5 Å². The number of methoxy groups -OCH3 is 1. The first-order chi connectivity index (χ1) is 17.1. The molecule has 3 aromatic rings. The summed E-state index contributed by atoms with van der Waals surface area (Å²) in [7, 11) is -6.65. The number of anilines is 2. The Kier molecular flexibility index (Phi) is 7.13. The van der Waals surface area contributed by atoms with Crippen molar-refractivity contribution >= 4 is 37.6 Å². The number of nitrogens with zero attached hydrogens (tertiary/aromatic N) is 3.